The number of nitrogens with one attached hydrogen (secondary N) is 1. The molecule has 3 nitrogen and oxygen atoms in total. The van der Waals surface area contributed by atoms with Gasteiger partial charge in [0.25, 0.3) is 0 Å². The van der Waals surface area contributed by atoms with Crippen LogP contribution in [0.3, 0.4) is 0 Å². The van der Waals surface area contributed by atoms with E-state index in [0.717, 1.165) is 35.2 Å². The summed E-state index contributed by atoms with van der Waals surface area (Å²) in [5.41, 5.74) is 1.95. The molecular weight excluding hydrogens is 305 g/mol. The number of benzene rings is 2. The summed E-state index contributed by atoms with van der Waals surface area (Å²) in [6.07, 6.45) is 2.34. The smallest absolute Gasteiger partial charge is 0.137 e. The number of nitrogens with zero attached hydrogens (tertiary/aromatic N) is 2. The zero-order valence-electron chi connectivity index (χ0n) is 11.2. The van der Waals surface area contributed by atoms with Crippen LogP contribution in [0.5, 0.6) is 0 Å². The molecule has 1 heterocycles. The Kier molecular flexibility index (Phi) is 4.23. The fraction of sp³-hybridized carbons (Fsp3) is 0.125. The van der Waals surface area contributed by atoms with E-state index in [1.807, 2.05) is 36.4 Å². The highest BCUT2D eigenvalue weighted by atomic mass is 35.5. The molecule has 0 saturated carbocycles. The summed E-state index contributed by atoms with van der Waals surface area (Å²) in [5.74, 6) is 0.832. The third kappa shape index (κ3) is 3.09. The van der Waals surface area contributed by atoms with Crippen LogP contribution in [-0.2, 0) is 6.42 Å². The van der Waals surface area contributed by atoms with Gasteiger partial charge in [-0.3, -0.25) is 0 Å². The number of para-hydroxylation sites is 1. The van der Waals surface area contributed by atoms with E-state index in [9.17, 15) is 0 Å². The summed E-state index contributed by atoms with van der Waals surface area (Å²) < 4.78 is 0. The minimum atomic E-state index is 0.585. The summed E-state index contributed by atoms with van der Waals surface area (Å²) >= 11 is 12.2. The second-order valence-corrected chi connectivity index (χ2v) is 5.41. The van der Waals surface area contributed by atoms with E-state index >= 15 is 0 Å². The molecule has 0 saturated heterocycles. The van der Waals surface area contributed by atoms with Crippen LogP contribution in [0, 0.1) is 0 Å². The molecule has 0 bridgehead atoms. The average Bonchev–Trinajstić information content (AvgIpc) is 2.52. The molecule has 0 fully saturated rings. The monoisotopic (exact) mass is 317 g/mol. The maximum Gasteiger partial charge on any atom is 0.137 e. The van der Waals surface area contributed by atoms with E-state index in [2.05, 4.69) is 15.3 Å². The first-order valence-corrected chi connectivity index (χ1v) is 7.38. The molecule has 0 radical (unpaired) electrons. The summed E-state index contributed by atoms with van der Waals surface area (Å²) in [6.45, 7) is 0.723. The van der Waals surface area contributed by atoms with Crippen molar-refractivity contribution in [3.8, 4) is 0 Å². The number of hydrogen-bond donors (Lipinski definition) is 1. The number of anilines is 1. The van der Waals surface area contributed by atoms with Gasteiger partial charge in [0.15, 0.2) is 0 Å². The van der Waals surface area contributed by atoms with Gasteiger partial charge < -0.3 is 5.32 Å². The third-order valence-electron chi connectivity index (χ3n) is 3.26. The Balaban J connectivity index is 1.74. The van der Waals surface area contributed by atoms with Crippen LogP contribution in [0.15, 0.2) is 48.8 Å². The van der Waals surface area contributed by atoms with Crippen molar-refractivity contribution < 1.29 is 0 Å². The molecule has 2 aromatic carbocycles. The standard InChI is InChI=1S/C16H13Cl2N3/c17-13-6-3-4-11(15(13)18)8-9-19-16-12-5-1-2-7-14(12)20-10-21-16/h1-7,10H,8-9H2,(H,19,20,21). The largest absolute Gasteiger partial charge is 0.369 e. The predicted octanol–water partition coefficient (Wildman–Crippen LogP) is 4.59. The first kappa shape index (κ1) is 14.1. The van der Waals surface area contributed by atoms with E-state index in [0.29, 0.717) is 10.0 Å². The fourth-order valence-electron chi connectivity index (χ4n) is 2.20. The van der Waals surface area contributed by atoms with Gasteiger partial charge in [0.2, 0.25) is 0 Å². The fourth-order valence-corrected chi connectivity index (χ4v) is 2.62. The Labute approximate surface area is 132 Å². The minimum Gasteiger partial charge on any atom is -0.369 e. The Morgan fingerprint density at radius 1 is 0.952 bits per heavy atom. The maximum atomic E-state index is 6.18. The molecule has 0 aliphatic rings. The molecule has 0 aliphatic carbocycles. The van der Waals surface area contributed by atoms with Crippen molar-refractivity contribution in [1.29, 1.82) is 0 Å². The second-order valence-electron chi connectivity index (χ2n) is 4.63. The quantitative estimate of drug-likeness (QED) is 0.764. The number of hydrogen-bond acceptors (Lipinski definition) is 3. The lowest BCUT2D eigenvalue weighted by Gasteiger charge is -2.09. The summed E-state index contributed by atoms with van der Waals surface area (Å²) in [7, 11) is 0. The molecule has 21 heavy (non-hydrogen) atoms. The summed E-state index contributed by atoms with van der Waals surface area (Å²) in [5, 5.41) is 5.55. The van der Waals surface area contributed by atoms with Crippen molar-refractivity contribution in [2.24, 2.45) is 0 Å². The molecule has 0 spiro atoms. The van der Waals surface area contributed by atoms with E-state index in [1.165, 1.54) is 0 Å². The average molecular weight is 318 g/mol. The second kappa shape index (κ2) is 6.29. The van der Waals surface area contributed by atoms with Crippen molar-refractivity contribution in [2.45, 2.75) is 6.42 Å². The van der Waals surface area contributed by atoms with Gasteiger partial charge >= 0.3 is 0 Å². The number of aromatic nitrogens is 2. The van der Waals surface area contributed by atoms with Crippen molar-refractivity contribution in [3.63, 3.8) is 0 Å². The number of rotatable bonds is 4. The first-order valence-electron chi connectivity index (χ1n) is 6.62. The lowest BCUT2D eigenvalue weighted by atomic mass is 10.1. The van der Waals surface area contributed by atoms with Crippen LogP contribution >= 0.6 is 23.2 Å². The van der Waals surface area contributed by atoms with Crippen molar-refractivity contribution in [1.82, 2.24) is 9.97 Å². The lowest BCUT2D eigenvalue weighted by Crippen LogP contribution is -2.07. The van der Waals surface area contributed by atoms with E-state index in [-0.39, 0.29) is 0 Å². The van der Waals surface area contributed by atoms with Crippen molar-refractivity contribution >= 4 is 39.9 Å². The van der Waals surface area contributed by atoms with E-state index in [4.69, 9.17) is 23.2 Å². The normalized spacial score (nSPS) is 10.8. The Morgan fingerprint density at radius 3 is 2.71 bits per heavy atom. The van der Waals surface area contributed by atoms with Crippen LogP contribution in [0.2, 0.25) is 10.0 Å². The summed E-state index contributed by atoms with van der Waals surface area (Å²) in [6, 6.07) is 13.6. The molecule has 0 aliphatic heterocycles. The van der Waals surface area contributed by atoms with Crippen LogP contribution in [0.1, 0.15) is 5.56 Å². The van der Waals surface area contributed by atoms with Crippen molar-refractivity contribution in [3.05, 3.63) is 64.4 Å². The maximum absolute atomic E-state index is 6.18. The molecule has 1 aromatic heterocycles. The van der Waals surface area contributed by atoms with Gasteiger partial charge in [0, 0.05) is 11.9 Å². The number of halogens is 2. The van der Waals surface area contributed by atoms with Crippen LogP contribution in [-0.4, -0.2) is 16.5 Å². The Bertz CT molecular complexity index is 769. The zero-order chi connectivity index (χ0) is 14.7. The summed E-state index contributed by atoms with van der Waals surface area (Å²) in [4.78, 5) is 8.54. The molecule has 0 atom stereocenters. The van der Waals surface area contributed by atoms with Gasteiger partial charge in [-0.2, -0.15) is 0 Å². The van der Waals surface area contributed by atoms with Crippen LogP contribution in [0.25, 0.3) is 10.9 Å². The molecule has 0 unspecified atom stereocenters. The van der Waals surface area contributed by atoms with Crippen LogP contribution in [0.4, 0.5) is 5.82 Å². The third-order valence-corrected chi connectivity index (χ3v) is 4.12. The SMILES string of the molecule is Clc1cccc(CCNc2ncnc3ccccc23)c1Cl. The van der Waals surface area contributed by atoms with Crippen LogP contribution < -0.4 is 5.32 Å². The molecule has 3 aromatic rings. The molecule has 106 valence electrons. The van der Waals surface area contributed by atoms with Gasteiger partial charge in [0.1, 0.15) is 12.1 Å². The topological polar surface area (TPSA) is 37.8 Å². The lowest BCUT2D eigenvalue weighted by molar-refractivity contribution is 1.01. The molecular formula is C16H13Cl2N3. The first-order chi connectivity index (χ1) is 10.3. The van der Waals surface area contributed by atoms with Gasteiger partial charge in [-0.25, -0.2) is 9.97 Å². The Morgan fingerprint density at radius 2 is 1.81 bits per heavy atom. The van der Waals surface area contributed by atoms with Gasteiger partial charge in [-0.1, -0.05) is 47.5 Å². The molecule has 0 amide bonds. The highest BCUT2D eigenvalue weighted by molar-refractivity contribution is 6.42. The van der Waals surface area contributed by atoms with E-state index < -0.39 is 0 Å². The van der Waals surface area contributed by atoms with Gasteiger partial charge in [0.05, 0.1) is 15.6 Å². The van der Waals surface area contributed by atoms with E-state index in [1.54, 1.807) is 12.4 Å². The molecule has 5 heteroatoms. The highest BCUT2D eigenvalue weighted by Gasteiger charge is 2.05. The Hall–Kier alpha value is -1.84. The van der Waals surface area contributed by atoms with Gasteiger partial charge in [-0.15, -0.1) is 0 Å². The molecule has 1 N–H and O–H groups in total. The van der Waals surface area contributed by atoms with Gasteiger partial charge in [-0.05, 0) is 30.2 Å². The predicted molar refractivity (Wildman–Crippen MR) is 88.2 cm³/mol. The number of fused-ring (bicyclic) bond motifs is 1. The zero-order valence-corrected chi connectivity index (χ0v) is 12.7. The van der Waals surface area contributed by atoms with Crippen molar-refractivity contribution in [2.75, 3.05) is 11.9 Å². The minimum absolute atomic E-state index is 0.585. The molecule has 3 rings (SSSR count). The highest BCUT2D eigenvalue weighted by Crippen LogP contribution is 2.26.